The Labute approximate surface area is 163 Å². The molecule has 0 saturated carbocycles. The lowest BCUT2D eigenvalue weighted by atomic mass is 10.2. The summed E-state index contributed by atoms with van der Waals surface area (Å²) in [5, 5.41) is 2.97. The number of morpholine rings is 1. The number of carbonyl (C=O) groups is 1. The first-order valence-electron chi connectivity index (χ1n) is 9.30. The number of rotatable bonds is 5. The lowest BCUT2D eigenvalue weighted by molar-refractivity contribution is -0.115. The van der Waals surface area contributed by atoms with Gasteiger partial charge in [-0.2, -0.15) is 0 Å². The lowest BCUT2D eigenvalue weighted by Crippen LogP contribution is -2.37. The molecule has 7 heteroatoms. The predicted octanol–water partition coefficient (Wildman–Crippen LogP) is 3.06. The highest BCUT2D eigenvalue weighted by atomic mass is 16.5. The number of aromatic nitrogens is 2. The molecule has 0 aliphatic carbocycles. The van der Waals surface area contributed by atoms with E-state index in [4.69, 9.17) is 9.15 Å². The summed E-state index contributed by atoms with van der Waals surface area (Å²) in [6.07, 6.45) is 1.87. The van der Waals surface area contributed by atoms with Crippen molar-refractivity contribution in [1.82, 2.24) is 9.97 Å². The molecule has 1 aliphatic heterocycles. The Bertz CT molecular complexity index is 949. The summed E-state index contributed by atoms with van der Waals surface area (Å²) in [6.45, 7) is 4.64. The summed E-state index contributed by atoms with van der Waals surface area (Å²) in [5.41, 5.74) is 2.21. The van der Waals surface area contributed by atoms with E-state index in [-0.39, 0.29) is 12.3 Å². The molecule has 0 atom stereocenters. The summed E-state index contributed by atoms with van der Waals surface area (Å²) in [7, 11) is 0. The van der Waals surface area contributed by atoms with Gasteiger partial charge in [0.2, 0.25) is 11.8 Å². The Kier molecular flexibility index (Phi) is 5.34. The van der Waals surface area contributed by atoms with Crippen molar-refractivity contribution < 1.29 is 13.9 Å². The molecule has 0 spiro atoms. The van der Waals surface area contributed by atoms with Gasteiger partial charge >= 0.3 is 0 Å². The van der Waals surface area contributed by atoms with Crippen LogP contribution in [-0.4, -0.2) is 42.2 Å². The van der Waals surface area contributed by atoms with E-state index >= 15 is 0 Å². The molecule has 0 bridgehead atoms. The molecule has 1 N–H and O–H groups in total. The zero-order chi connectivity index (χ0) is 19.3. The number of anilines is 2. The minimum Gasteiger partial charge on any atom is -0.441 e. The number of amides is 1. The van der Waals surface area contributed by atoms with Crippen LogP contribution in [0.4, 0.5) is 11.5 Å². The molecule has 4 rings (SSSR count). The highest BCUT2D eigenvalue weighted by Crippen LogP contribution is 2.25. The van der Waals surface area contributed by atoms with Crippen LogP contribution in [0.1, 0.15) is 11.5 Å². The Morgan fingerprint density at radius 3 is 2.71 bits per heavy atom. The van der Waals surface area contributed by atoms with Gasteiger partial charge in [-0.3, -0.25) is 4.79 Å². The second-order valence-corrected chi connectivity index (χ2v) is 6.59. The average molecular weight is 378 g/mol. The summed E-state index contributed by atoms with van der Waals surface area (Å²) >= 11 is 0. The van der Waals surface area contributed by atoms with E-state index < -0.39 is 0 Å². The van der Waals surface area contributed by atoms with E-state index in [0.29, 0.717) is 36.2 Å². The Balaban J connectivity index is 1.48. The van der Waals surface area contributed by atoms with Gasteiger partial charge in [-0.15, -0.1) is 0 Å². The van der Waals surface area contributed by atoms with Gasteiger partial charge in [0.1, 0.15) is 5.76 Å². The number of nitrogens with zero attached hydrogens (tertiary/aromatic N) is 3. The number of hydrogen-bond acceptors (Lipinski definition) is 6. The van der Waals surface area contributed by atoms with E-state index in [0.717, 1.165) is 24.5 Å². The zero-order valence-corrected chi connectivity index (χ0v) is 15.7. The molecule has 3 heterocycles. The van der Waals surface area contributed by atoms with Crippen molar-refractivity contribution in [1.29, 1.82) is 0 Å². The fourth-order valence-electron chi connectivity index (χ4n) is 3.16. The third-order valence-corrected chi connectivity index (χ3v) is 4.61. The van der Waals surface area contributed by atoms with Gasteiger partial charge in [-0.25, -0.2) is 9.97 Å². The number of hydrogen-bond donors (Lipinski definition) is 1. The normalized spacial score (nSPS) is 14.1. The SMILES string of the molecule is Cc1oc(-c2ccccc2)nc1CC(=O)Nc1cccnc1N1CCOCC1. The van der Waals surface area contributed by atoms with Crippen molar-refractivity contribution in [3.8, 4) is 11.5 Å². The van der Waals surface area contributed by atoms with Crippen molar-refractivity contribution >= 4 is 17.4 Å². The average Bonchev–Trinajstić information content (AvgIpc) is 3.10. The molecule has 28 heavy (non-hydrogen) atoms. The van der Waals surface area contributed by atoms with Crippen LogP contribution < -0.4 is 10.2 Å². The number of carbonyl (C=O) groups excluding carboxylic acids is 1. The van der Waals surface area contributed by atoms with Gasteiger partial charge in [0.05, 0.1) is 31.0 Å². The van der Waals surface area contributed by atoms with Crippen LogP contribution in [-0.2, 0) is 16.0 Å². The summed E-state index contributed by atoms with van der Waals surface area (Å²) < 4.78 is 11.1. The molecule has 1 amide bonds. The summed E-state index contributed by atoms with van der Waals surface area (Å²) in [6, 6.07) is 13.3. The largest absolute Gasteiger partial charge is 0.441 e. The maximum atomic E-state index is 12.7. The Morgan fingerprint density at radius 1 is 1.14 bits per heavy atom. The highest BCUT2D eigenvalue weighted by Gasteiger charge is 2.19. The van der Waals surface area contributed by atoms with Crippen LogP contribution in [0.15, 0.2) is 53.1 Å². The maximum absolute atomic E-state index is 12.7. The first-order valence-corrected chi connectivity index (χ1v) is 9.30. The molecule has 1 aromatic carbocycles. The van der Waals surface area contributed by atoms with Gasteiger partial charge in [0.15, 0.2) is 5.82 Å². The monoisotopic (exact) mass is 378 g/mol. The quantitative estimate of drug-likeness (QED) is 0.735. The molecule has 1 aliphatic rings. The van der Waals surface area contributed by atoms with E-state index in [1.807, 2.05) is 49.4 Å². The smallest absolute Gasteiger partial charge is 0.230 e. The topological polar surface area (TPSA) is 80.5 Å². The van der Waals surface area contributed by atoms with Crippen molar-refractivity contribution in [2.24, 2.45) is 0 Å². The molecule has 0 radical (unpaired) electrons. The maximum Gasteiger partial charge on any atom is 0.230 e. The fraction of sp³-hybridized carbons (Fsp3) is 0.286. The third-order valence-electron chi connectivity index (χ3n) is 4.61. The Hall–Kier alpha value is -3.19. The van der Waals surface area contributed by atoms with Crippen molar-refractivity contribution in [2.45, 2.75) is 13.3 Å². The number of oxazole rings is 1. The standard InChI is InChI=1S/C21H22N4O3/c1-15-18(24-21(28-15)16-6-3-2-4-7-16)14-19(26)23-17-8-5-9-22-20(17)25-10-12-27-13-11-25/h2-9H,10-14H2,1H3,(H,23,26). The van der Waals surface area contributed by atoms with Crippen molar-refractivity contribution in [2.75, 3.05) is 36.5 Å². The van der Waals surface area contributed by atoms with Crippen molar-refractivity contribution in [3.63, 3.8) is 0 Å². The predicted molar refractivity (Wildman–Crippen MR) is 106 cm³/mol. The van der Waals surface area contributed by atoms with Crippen LogP contribution in [0, 0.1) is 6.92 Å². The van der Waals surface area contributed by atoms with Gasteiger partial charge < -0.3 is 19.4 Å². The molecule has 144 valence electrons. The fourth-order valence-corrected chi connectivity index (χ4v) is 3.16. The molecular weight excluding hydrogens is 356 g/mol. The summed E-state index contributed by atoms with van der Waals surface area (Å²) in [4.78, 5) is 23.7. The molecular formula is C21H22N4O3. The molecule has 7 nitrogen and oxygen atoms in total. The van der Waals surface area contributed by atoms with Crippen LogP contribution >= 0.6 is 0 Å². The molecule has 1 fully saturated rings. The van der Waals surface area contributed by atoms with Gasteiger partial charge in [-0.1, -0.05) is 18.2 Å². The number of aryl methyl sites for hydroxylation is 1. The molecule has 3 aromatic rings. The lowest BCUT2D eigenvalue weighted by Gasteiger charge is -2.29. The van der Waals surface area contributed by atoms with Gasteiger partial charge in [0.25, 0.3) is 0 Å². The first-order chi connectivity index (χ1) is 13.7. The minimum atomic E-state index is -0.154. The van der Waals surface area contributed by atoms with E-state index in [9.17, 15) is 4.79 Å². The Morgan fingerprint density at radius 2 is 1.93 bits per heavy atom. The van der Waals surface area contributed by atoms with Crippen LogP contribution in [0.2, 0.25) is 0 Å². The molecule has 1 saturated heterocycles. The first kappa shape index (κ1) is 18.2. The van der Waals surface area contributed by atoms with Crippen LogP contribution in [0.25, 0.3) is 11.5 Å². The van der Waals surface area contributed by atoms with E-state index in [1.54, 1.807) is 6.20 Å². The van der Waals surface area contributed by atoms with Crippen LogP contribution in [0.3, 0.4) is 0 Å². The summed E-state index contributed by atoms with van der Waals surface area (Å²) in [5.74, 6) is 1.78. The third kappa shape index (κ3) is 4.04. The molecule has 2 aromatic heterocycles. The number of nitrogens with one attached hydrogen (secondary N) is 1. The second kappa shape index (κ2) is 8.22. The van der Waals surface area contributed by atoms with E-state index in [1.165, 1.54) is 0 Å². The zero-order valence-electron chi connectivity index (χ0n) is 15.7. The van der Waals surface area contributed by atoms with Crippen molar-refractivity contribution in [3.05, 3.63) is 60.1 Å². The van der Waals surface area contributed by atoms with Gasteiger partial charge in [-0.05, 0) is 31.2 Å². The molecule has 0 unspecified atom stereocenters. The number of benzene rings is 1. The second-order valence-electron chi connectivity index (χ2n) is 6.59. The van der Waals surface area contributed by atoms with E-state index in [2.05, 4.69) is 20.2 Å². The minimum absolute atomic E-state index is 0.139. The van der Waals surface area contributed by atoms with Crippen LogP contribution in [0.5, 0.6) is 0 Å². The van der Waals surface area contributed by atoms with Gasteiger partial charge in [0, 0.05) is 24.8 Å². The number of ether oxygens (including phenoxy) is 1. The highest BCUT2D eigenvalue weighted by molar-refractivity contribution is 5.94. The number of pyridine rings is 1.